The molecular formula is C22H24N2O4. The van der Waals surface area contributed by atoms with Gasteiger partial charge in [-0.15, -0.1) is 0 Å². The van der Waals surface area contributed by atoms with E-state index in [1.54, 1.807) is 6.92 Å². The Hall–Kier alpha value is -3.28. The van der Waals surface area contributed by atoms with Crippen LogP contribution in [0.15, 0.2) is 65.9 Å². The lowest BCUT2D eigenvalue weighted by molar-refractivity contribution is -0.139. The fourth-order valence-corrected chi connectivity index (χ4v) is 3.19. The Morgan fingerprint density at radius 1 is 1.07 bits per heavy atom. The average Bonchev–Trinajstić information content (AvgIpc) is 2.69. The van der Waals surface area contributed by atoms with E-state index in [1.807, 2.05) is 61.5 Å². The van der Waals surface area contributed by atoms with E-state index < -0.39 is 12.0 Å². The van der Waals surface area contributed by atoms with E-state index in [2.05, 4.69) is 10.6 Å². The van der Waals surface area contributed by atoms with E-state index in [4.69, 9.17) is 9.47 Å². The van der Waals surface area contributed by atoms with Gasteiger partial charge in [0.25, 0.3) is 0 Å². The third kappa shape index (κ3) is 4.52. The minimum atomic E-state index is -0.638. The zero-order valence-corrected chi connectivity index (χ0v) is 16.0. The number of ether oxygens (including phenoxy) is 2. The maximum atomic E-state index is 12.8. The van der Waals surface area contributed by atoms with Crippen molar-refractivity contribution in [3.8, 4) is 5.75 Å². The summed E-state index contributed by atoms with van der Waals surface area (Å²) in [6.07, 6.45) is 0.624. The van der Waals surface area contributed by atoms with Gasteiger partial charge in [-0.1, -0.05) is 48.5 Å². The summed E-state index contributed by atoms with van der Waals surface area (Å²) in [5, 5.41) is 5.47. The second kappa shape index (κ2) is 9.08. The quantitative estimate of drug-likeness (QED) is 0.721. The van der Waals surface area contributed by atoms with Crippen molar-refractivity contribution in [3.05, 3.63) is 77.0 Å². The van der Waals surface area contributed by atoms with Crippen molar-refractivity contribution < 1.29 is 19.1 Å². The standard InChI is InChI=1S/C22H24N2O4/c1-3-27-18-12-8-7-11-17(18)20-19(15(2)23-22(26)24-20)21(25)28-14-13-16-9-5-4-6-10-16/h4-12,20H,3,13-14H2,1-2H3,(H2,23,24,26)/t20-/m1/s1. The summed E-state index contributed by atoms with van der Waals surface area (Å²) < 4.78 is 11.2. The van der Waals surface area contributed by atoms with Crippen LogP contribution < -0.4 is 15.4 Å². The number of carbonyl (C=O) groups is 2. The Labute approximate surface area is 164 Å². The molecule has 146 valence electrons. The van der Waals surface area contributed by atoms with E-state index in [-0.39, 0.29) is 12.6 Å². The molecule has 2 amide bonds. The van der Waals surface area contributed by atoms with Crippen molar-refractivity contribution in [2.75, 3.05) is 13.2 Å². The monoisotopic (exact) mass is 380 g/mol. The van der Waals surface area contributed by atoms with E-state index in [0.29, 0.717) is 35.6 Å². The number of nitrogens with one attached hydrogen (secondary N) is 2. The molecule has 0 fully saturated rings. The molecule has 0 aromatic heterocycles. The Balaban J connectivity index is 1.80. The largest absolute Gasteiger partial charge is 0.494 e. The molecule has 1 atom stereocenters. The second-order valence-electron chi connectivity index (χ2n) is 6.41. The summed E-state index contributed by atoms with van der Waals surface area (Å²) in [7, 11) is 0. The van der Waals surface area contributed by atoms with Crippen LogP contribution >= 0.6 is 0 Å². The van der Waals surface area contributed by atoms with Gasteiger partial charge in [-0.2, -0.15) is 0 Å². The molecule has 0 spiro atoms. The molecule has 0 saturated carbocycles. The molecule has 1 heterocycles. The van der Waals surface area contributed by atoms with E-state index in [9.17, 15) is 9.59 Å². The van der Waals surface area contributed by atoms with Crippen LogP contribution in [0.25, 0.3) is 0 Å². The van der Waals surface area contributed by atoms with E-state index in [1.165, 1.54) is 0 Å². The maximum absolute atomic E-state index is 12.8. The lowest BCUT2D eigenvalue weighted by Crippen LogP contribution is -2.45. The predicted octanol–water partition coefficient (Wildman–Crippen LogP) is 3.50. The third-order valence-corrected chi connectivity index (χ3v) is 4.49. The lowest BCUT2D eigenvalue weighted by Gasteiger charge is -2.29. The number of para-hydroxylation sites is 1. The summed E-state index contributed by atoms with van der Waals surface area (Å²) in [5.41, 5.74) is 2.66. The van der Waals surface area contributed by atoms with Gasteiger partial charge in [0.1, 0.15) is 5.75 Å². The van der Waals surface area contributed by atoms with Gasteiger partial charge in [0, 0.05) is 17.7 Å². The molecule has 0 unspecified atom stereocenters. The van der Waals surface area contributed by atoms with E-state index >= 15 is 0 Å². The van der Waals surface area contributed by atoms with Gasteiger partial charge in [0.2, 0.25) is 0 Å². The molecule has 1 aliphatic heterocycles. The first kappa shape index (κ1) is 19.5. The Morgan fingerprint density at radius 2 is 1.79 bits per heavy atom. The Morgan fingerprint density at radius 3 is 2.54 bits per heavy atom. The molecule has 1 aliphatic rings. The van der Waals surface area contributed by atoms with Crippen LogP contribution in [0.1, 0.15) is 31.0 Å². The lowest BCUT2D eigenvalue weighted by atomic mass is 9.95. The van der Waals surface area contributed by atoms with E-state index in [0.717, 1.165) is 5.56 Å². The first-order valence-electron chi connectivity index (χ1n) is 9.31. The highest BCUT2D eigenvalue weighted by Crippen LogP contribution is 2.33. The predicted molar refractivity (Wildman–Crippen MR) is 106 cm³/mol. The summed E-state index contributed by atoms with van der Waals surface area (Å²) in [6.45, 7) is 4.32. The summed E-state index contributed by atoms with van der Waals surface area (Å²) >= 11 is 0. The van der Waals surface area contributed by atoms with Gasteiger partial charge in [-0.3, -0.25) is 0 Å². The summed E-state index contributed by atoms with van der Waals surface area (Å²) in [4.78, 5) is 24.9. The molecule has 2 aromatic rings. The highest BCUT2D eigenvalue weighted by Gasteiger charge is 2.33. The summed E-state index contributed by atoms with van der Waals surface area (Å²) in [6, 6.07) is 16.2. The first-order valence-corrected chi connectivity index (χ1v) is 9.31. The van der Waals surface area contributed by atoms with Gasteiger partial charge in [-0.05, 0) is 25.5 Å². The van der Waals surface area contributed by atoms with Crippen molar-refractivity contribution >= 4 is 12.0 Å². The number of hydrogen-bond acceptors (Lipinski definition) is 4. The maximum Gasteiger partial charge on any atom is 0.338 e. The Kier molecular flexibility index (Phi) is 6.32. The zero-order chi connectivity index (χ0) is 19.9. The number of hydrogen-bond donors (Lipinski definition) is 2. The molecule has 2 aromatic carbocycles. The second-order valence-corrected chi connectivity index (χ2v) is 6.41. The summed E-state index contributed by atoms with van der Waals surface area (Å²) in [5.74, 6) is 0.164. The SMILES string of the molecule is CCOc1ccccc1[C@H]1NC(=O)NC(C)=C1C(=O)OCCc1ccccc1. The number of benzene rings is 2. The van der Waals surface area contributed by atoms with Gasteiger partial charge in [-0.25, -0.2) is 9.59 Å². The van der Waals surface area contributed by atoms with Crippen LogP contribution in [0.2, 0.25) is 0 Å². The molecule has 3 rings (SSSR count). The number of carbonyl (C=O) groups excluding carboxylic acids is 2. The minimum absolute atomic E-state index is 0.257. The van der Waals surface area contributed by atoms with Crippen LogP contribution in [0, 0.1) is 0 Å². The van der Waals surface area contributed by atoms with Crippen LogP contribution in [-0.4, -0.2) is 25.2 Å². The molecule has 2 N–H and O–H groups in total. The van der Waals surface area contributed by atoms with Crippen LogP contribution in [0.3, 0.4) is 0 Å². The fourth-order valence-electron chi connectivity index (χ4n) is 3.19. The van der Waals surface area contributed by atoms with Crippen molar-refractivity contribution in [1.29, 1.82) is 0 Å². The minimum Gasteiger partial charge on any atom is -0.494 e. The number of rotatable bonds is 7. The highest BCUT2D eigenvalue weighted by atomic mass is 16.5. The molecule has 6 heteroatoms. The first-order chi connectivity index (χ1) is 13.6. The Bertz CT molecular complexity index is 877. The van der Waals surface area contributed by atoms with Crippen LogP contribution in [0.4, 0.5) is 4.79 Å². The molecule has 0 saturated heterocycles. The number of esters is 1. The van der Waals surface area contributed by atoms with Gasteiger partial charge in [0.05, 0.1) is 24.8 Å². The third-order valence-electron chi connectivity index (χ3n) is 4.49. The van der Waals surface area contributed by atoms with Crippen LogP contribution in [0.5, 0.6) is 5.75 Å². The van der Waals surface area contributed by atoms with Gasteiger partial charge < -0.3 is 20.1 Å². The number of allylic oxidation sites excluding steroid dienone is 1. The smallest absolute Gasteiger partial charge is 0.338 e. The van der Waals surface area contributed by atoms with Crippen molar-refractivity contribution in [2.24, 2.45) is 0 Å². The van der Waals surface area contributed by atoms with Crippen LogP contribution in [-0.2, 0) is 16.0 Å². The molecule has 28 heavy (non-hydrogen) atoms. The molecular weight excluding hydrogens is 356 g/mol. The van der Waals surface area contributed by atoms with Gasteiger partial charge in [0.15, 0.2) is 0 Å². The fraction of sp³-hybridized carbons (Fsp3) is 0.273. The topological polar surface area (TPSA) is 76.7 Å². The van der Waals surface area contributed by atoms with Crippen molar-refractivity contribution in [2.45, 2.75) is 26.3 Å². The normalized spacial score (nSPS) is 16.2. The van der Waals surface area contributed by atoms with Crippen molar-refractivity contribution in [3.63, 3.8) is 0 Å². The molecule has 0 radical (unpaired) electrons. The number of amides is 2. The highest BCUT2D eigenvalue weighted by molar-refractivity contribution is 5.95. The number of urea groups is 1. The average molecular weight is 380 g/mol. The molecule has 0 aliphatic carbocycles. The zero-order valence-electron chi connectivity index (χ0n) is 16.0. The van der Waals surface area contributed by atoms with Gasteiger partial charge >= 0.3 is 12.0 Å². The molecule has 6 nitrogen and oxygen atoms in total. The van der Waals surface area contributed by atoms with Crippen molar-refractivity contribution in [1.82, 2.24) is 10.6 Å². The molecule has 0 bridgehead atoms.